The molecule has 2 aromatic heterocycles. The van der Waals surface area contributed by atoms with Crippen LogP contribution in [0.2, 0.25) is 0 Å². The summed E-state index contributed by atoms with van der Waals surface area (Å²) in [5.41, 5.74) is 6.85. The van der Waals surface area contributed by atoms with Gasteiger partial charge < -0.3 is 13.9 Å². The Bertz CT molecular complexity index is 3600. The number of para-hydroxylation sites is 4. The van der Waals surface area contributed by atoms with Crippen molar-refractivity contribution in [3.05, 3.63) is 218 Å². The van der Waals surface area contributed by atoms with E-state index in [1.165, 1.54) is 4.90 Å². The second-order valence-electron chi connectivity index (χ2n) is 13.9. The molecule has 0 spiro atoms. The monoisotopic (exact) mass is 736 g/mol. The van der Waals surface area contributed by atoms with E-state index in [1.807, 2.05) is 109 Å². The van der Waals surface area contributed by atoms with Crippen LogP contribution >= 0.6 is 0 Å². The van der Waals surface area contributed by atoms with Gasteiger partial charge in [0, 0.05) is 49.9 Å². The van der Waals surface area contributed by atoms with Gasteiger partial charge in [0.15, 0.2) is 0 Å². The fourth-order valence-electron chi connectivity index (χ4n) is 7.86. The minimum Gasteiger partial charge on any atom is -0.455 e. The number of fused-ring (bicyclic) bond motifs is 6. The molecular weight excluding hydrogens is 693 g/mol. The normalized spacial score (nSPS) is 13.5. The summed E-state index contributed by atoms with van der Waals surface area (Å²) >= 11 is 0. The van der Waals surface area contributed by atoms with E-state index < -0.39 is 24.2 Å². The van der Waals surface area contributed by atoms with Gasteiger partial charge in [-0.2, -0.15) is 0 Å². The number of hydrogen-bond acceptors (Lipinski definition) is 2. The van der Waals surface area contributed by atoms with Gasteiger partial charge in [0.05, 0.1) is 22.0 Å². The van der Waals surface area contributed by atoms with Gasteiger partial charge in [0.2, 0.25) is 0 Å². The smallest absolute Gasteiger partial charge is 0.143 e. The third kappa shape index (κ3) is 5.68. The fourth-order valence-corrected chi connectivity index (χ4v) is 7.86. The van der Waals surface area contributed by atoms with Crippen LogP contribution in [-0.2, 0) is 0 Å². The van der Waals surface area contributed by atoms with E-state index in [-0.39, 0.29) is 46.7 Å². The Hall–Kier alpha value is -7.62. The average Bonchev–Trinajstić information content (AvgIpc) is 3.89. The van der Waals surface area contributed by atoms with E-state index in [0.29, 0.717) is 22.4 Å². The minimum atomic E-state index is -0.414. The van der Waals surface area contributed by atoms with Crippen LogP contribution in [0.1, 0.15) is 11.0 Å². The average molecular weight is 737 g/mol. The molecule has 2 heterocycles. The van der Waals surface area contributed by atoms with Crippen molar-refractivity contribution >= 4 is 60.8 Å². The molecule has 3 nitrogen and oxygen atoms in total. The van der Waals surface area contributed by atoms with Gasteiger partial charge in [-0.1, -0.05) is 152 Å². The molecule has 0 radical (unpaired) electrons. The van der Waals surface area contributed by atoms with Crippen LogP contribution in [0, 0.1) is 0 Å². The van der Waals surface area contributed by atoms with E-state index in [0.717, 1.165) is 55.0 Å². The van der Waals surface area contributed by atoms with Crippen LogP contribution in [0.5, 0.6) is 0 Å². The van der Waals surface area contributed by atoms with Crippen molar-refractivity contribution < 1.29 is 15.4 Å². The van der Waals surface area contributed by atoms with E-state index in [1.54, 1.807) is 48.5 Å². The van der Waals surface area contributed by atoms with Crippen molar-refractivity contribution in [3.8, 4) is 39.1 Å². The molecule has 0 N–H and O–H groups in total. The van der Waals surface area contributed by atoms with Crippen molar-refractivity contribution in [2.24, 2.45) is 0 Å². The van der Waals surface area contributed by atoms with Crippen molar-refractivity contribution in [2.45, 2.75) is 0 Å². The lowest BCUT2D eigenvalue weighted by molar-refractivity contribution is 0.670. The number of furan rings is 1. The summed E-state index contributed by atoms with van der Waals surface area (Å²) in [5.74, 6) is 0. The first-order valence-corrected chi connectivity index (χ1v) is 18.8. The summed E-state index contributed by atoms with van der Waals surface area (Å²) in [5, 5.41) is 4.09. The summed E-state index contributed by atoms with van der Waals surface area (Å²) < 4.78 is 84.1. The Morgan fingerprint density at radius 3 is 1.61 bits per heavy atom. The molecule has 0 aliphatic heterocycles. The summed E-state index contributed by atoms with van der Waals surface area (Å²) in [7, 11) is 0. The number of benzene rings is 9. The number of nitrogens with zero attached hydrogens (tertiary/aromatic N) is 2. The zero-order chi connectivity index (χ0) is 44.7. The van der Waals surface area contributed by atoms with Crippen molar-refractivity contribution in [3.63, 3.8) is 0 Å². The lowest BCUT2D eigenvalue weighted by atomic mass is 10.0. The molecule has 3 heteroatoms. The molecule has 0 unspecified atom stereocenters. The van der Waals surface area contributed by atoms with E-state index in [9.17, 15) is 11.0 Å². The zero-order valence-electron chi connectivity index (χ0n) is 38.5. The van der Waals surface area contributed by atoms with Crippen LogP contribution in [0.15, 0.2) is 223 Å². The maximum Gasteiger partial charge on any atom is 0.143 e. The van der Waals surface area contributed by atoms with Crippen LogP contribution < -0.4 is 4.90 Å². The van der Waals surface area contributed by atoms with Crippen LogP contribution in [-0.4, -0.2) is 4.57 Å². The number of aromatic nitrogens is 1. The molecule has 0 fully saturated rings. The molecule has 0 bridgehead atoms. The Morgan fingerprint density at radius 1 is 0.386 bits per heavy atom. The largest absolute Gasteiger partial charge is 0.455 e. The van der Waals surface area contributed by atoms with Gasteiger partial charge >= 0.3 is 0 Å². The molecule has 0 amide bonds. The Labute approximate surface area is 342 Å². The first kappa shape index (κ1) is 25.5. The van der Waals surface area contributed by atoms with Gasteiger partial charge in [-0.15, -0.1) is 0 Å². The second kappa shape index (κ2) is 13.6. The molecule has 0 saturated carbocycles. The zero-order valence-corrected chi connectivity index (χ0v) is 30.5. The van der Waals surface area contributed by atoms with Crippen molar-refractivity contribution in [1.29, 1.82) is 0 Å². The van der Waals surface area contributed by atoms with Gasteiger partial charge in [0.25, 0.3) is 0 Å². The number of anilines is 3. The first-order chi connectivity index (χ1) is 31.6. The number of rotatable bonds is 7. The summed E-state index contributed by atoms with van der Waals surface area (Å²) in [6, 6.07) is 50.4. The Morgan fingerprint density at radius 2 is 0.930 bits per heavy atom. The van der Waals surface area contributed by atoms with E-state index >= 15 is 0 Å². The second-order valence-corrected chi connectivity index (χ2v) is 13.9. The minimum absolute atomic E-state index is 0.0829. The van der Waals surface area contributed by atoms with Crippen LogP contribution in [0.3, 0.4) is 0 Å². The lowest BCUT2D eigenvalue weighted by Crippen LogP contribution is -2.09. The van der Waals surface area contributed by atoms with Gasteiger partial charge in [-0.05, 0) is 94.5 Å². The standard InChI is InChI=1S/C54H36N2O/c1-2-12-37(13-3-1)38-24-30-42(31-25-38)55(44-34-28-40(29-35-44)46-19-11-20-50-49-18-6-9-23-53(49)57-54(46)50)43-32-26-39(27-33-43)41-14-10-15-45(36-41)56-51-21-7-4-16-47(51)48-17-5-8-22-52(48)56/h1-36H/i24D,25D,26D,27D,30D,31D,32D,33D. The Kier molecular flexibility index (Phi) is 6.07. The predicted octanol–water partition coefficient (Wildman–Crippen LogP) is 15.2. The molecular formula is C54H36N2O. The Balaban J connectivity index is 1.10. The maximum absolute atomic E-state index is 9.64. The molecule has 0 aliphatic rings. The quantitative estimate of drug-likeness (QED) is 0.162. The fraction of sp³-hybridized carbons (Fsp3) is 0. The highest BCUT2D eigenvalue weighted by molar-refractivity contribution is 6.10. The third-order valence-electron chi connectivity index (χ3n) is 10.5. The van der Waals surface area contributed by atoms with Crippen molar-refractivity contribution in [2.75, 3.05) is 4.90 Å². The van der Waals surface area contributed by atoms with E-state index in [2.05, 4.69) is 16.7 Å². The summed E-state index contributed by atoms with van der Waals surface area (Å²) in [6.07, 6.45) is 0. The maximum atomic E-state index is 9.64. The molecule has 9 aromatic carbocycles. The van der Waals surface area contributed by atoms with Gasteiger partial charge in [0.1, 0.15) is 11.2 Å². The molecule has 57 heavy (non-hydrogen) atoms. The summed E-state index contributed by atoms with van der Waals surface area (Å²) in [4.78, 5) is 1.33. The summed E-state index contributed by atoms with van der Waals surface area (Å²) in [6.45, 7) is 0. The van der Waals surface area contributed by atoms with E-state index in [4.69, 9.17) is 4.42 Å². The predicted molar refractivity (Wildman–Crippen MR) is 239 cm³/mol. The molecule has 11 rings (SSSR count). The topological polar surface area (TPSA) is 21.3 Å². The highest BCUT2D eigenvalue weighted by atomic mass is 16.3. The molecule has 0 atom stereocenters. The lowest BCUT2D eigenvalue weighted by Gasteiger charge is -2.26. The molecule has 0 saturated heterocycles. The number of hydrogen-bond donors (Lipinski definition) is 0. The van der Waals surface area contributed by atoms with Crippen LogP contribution in [0.25, 0.3) is 82.8 Å². The molecule has 11 aromatic rings. The highest BCUT2D eigenvalue weighted by Crippen LogP contribution is 2.40. The molecule has 0 aliphatic carbocycles. The van der Waals surface area contributed by atoms with Gasteiger partial charge in [-0.25, -0.2) is 0 Å². The van der Waals surface area contributed by atoms with Gasteiger partial charge in [-0.3, -0.25) is 0 Å². The van der Waals surface area contributed by atoms with Crippen molar-refractivity contribution in [1.82, 2.24) is 4.57 Å². The SMILES string of the molecule is [2H]c1c([2H])c(N(c2ccc(-c3cccc4c3oc3ccccc34)cc2)c2c([2H])c([2H])c(-c3cccc(-n4c5ccccc5c5ccccc54)c3)c([2H])c2[2H])c([2H])c([2H])c1-c1ccccc1. The molecule has 268 valence electrons. The highest BCUT2D eigenvalue weighted by Gasteiger charge is 2.17. The first-order valence-electron chi connectivity index (χ1n) is 22.8. The third-order valence-corrected chi connectivity index (χ3v) is 10.5. The van der Waals surface area contributed by atoms with Crippen LogP contribution in [0.4, 0.5) is 17.1 Å².